The molecule has 0 radical (unpaired) electrons. The van der Waals surface area contributed by atoms with Gasteiger partial charge in [0.15, 0.2) is 6.10 Å². The lowest BCUT2D eigenvalue weighted by Crippen LogP contribution is -2.81. The van der Waals surface area contributed by atoms with Crippen molar-refractivity contribution in [2.24, 2.45) is 11.3 Å². The standard InChI is InChI=1S/C46H58N4O9.C12H12N2O2S/c1-8-42(54)23-28-24-45(40(52)57-6,36-30(15-19-49(25-28)26-42)29-13-10-11-14-33(29)47-36)32-21-31-34(22-35(32)56-5)48(4)38-44(31)17-20-50-18-12-16-43(9-2,37(44)50)39(59-27(3)51)46(38,55)41(53)58-7;13-9-1-5-11(6-2-9)17(15,16)12-7-3-10(14)4-8-12/h10-14,16,21-22,28,37-39,47,54-55H,8-9,15,17-20,23-26H2,1-7H3;1-8H,13-14H2/t28-,37-,38+,39+,42-,43+,44+,45-,46-;/m0./s1. The largest absolute Gasteiger partial charge is 0.496 e. The van der Waals surface area contributed by atoms with Crippen LogP contribution >= 0.6 is 0 Å². The van der Waals surface area contributed by atoms with Gasteiger partial charge in [0.2, 0.25) is 15.4 Å². The molecule has 17 nitrogen and oxygen atoms in total. The van der Waals surface area contributed by atoms with Gasteiger partial charge in [-0.1, -0.05) is 44.2 Å². The number of anilines is 3. The van der Waals surface area contributed by atoms with Crippen LogP contribution < -0.4 is 21.1 Å². The highest BCUT2D eigenvalue weighted by Crippen LogP contribution is 2.68. The summed E-state index contributed by atoms with van der Waals surface area (Å²) in [5.41, 5.74) is 10.5. The maximum Gasteiger partial charge on any atom is 0.344 e. The molecule has 0 amide bonds. The average Bonchev–Trinajstić information content (AvgIpc) is 4.12. The zero-order valence-corrected chi connectivity index (χ0v) is 45.1. The third-order valence-electron chi connectivity index (χ3n) is 18.0. The highest BCUT2D eigenvalue weighted by atomic mass is 32.2. The number of H-pyrrole nitrogens is 1. The van der Waals surface area contributed by atoms with Crippen LogP contribution in [0.3, 0.4) is 0 Å². The van der Waals surface area contributed by atoms with Crippen molar-refractivity contribution in [1.29, 1.82) is 0 Å². The molecule has 76 heavy (non-hydrogen) atoms. The number of aliphatic hydroxyl groups is 2. The number of hydrogen-bond donors (Lipinski definition) is 5. The second-order valence-electron chi connectivity index (χ2n) is 21.8. The van der Waals surface area contributed by atoms with E-state index >= 15 is 4.79 Å². The highest BCUT2D eigenvalue weighted by Gasteiger charge is 2.80. The van der Waals surface area contributed by atoms with Gasteiger partial charge < -0.3 is 50.5 Å². The third kappa shape index (κ3) is 7.83. The number of nitrogens with zero attached hydrogens (tertiary/aromatic N) is 3. The van der Waals surface area contributed by atoms with Gasteiger partial charge in [0.05, 0.1) is 42.8 Å². The quantitative estimate of drug-likeness (QED) is 0.0517. The maximum absolute atomic E-state index is 15.3. The molecule has 3 fully saturated rings. The first-order chi connectivity index (χ1) is 36.2. The average molecular weight is 1060 g/mol. The number of hydrogen-bond acceptors (Lipinski definition) is 16. The van der Waals surface area contributed by atoms with E-state index in [2.05, 4.69) is 39.1 Å². The van der Waals surface area contributed by atoms with E-state index in [1.807, 2.05) is 50.1 Å². The zero-order chi connectivity index (χ0) is 54.3. The van der Waals surface area contributed by atoms with E-state index in [4.69, 9.17) is 30.4 Å². The van der Waals surface area contributed by atoms with Crippen molar-refractivity contribution in [3.8, 4) is 5.75 Å². The van der Waals surface area contributed by atoms with Crippen LogP contribution in [-0.2, 0) is 55.7 Å². The van der Waals surface area contributed by atoms with Gasteiger partial charge in [-0.3, -0.25) is 19.4 Å². The van der Waals surface area contributed by atoms with Crippen LogP contribution in [0.15, 0.2) is 107 Å². The summed E-state index contributed by atoms with van der Waals surface area (Å²) in [7, 11) is 2.67. The number of ether oxygens (including phenoxy) is 4. The van der Waals surface area contributed by atoms with Crippen LogP contribution in [0.25, 0.3) is 10.9 Å². The van der Waals surface area contributed by atoms with E-state index in [1.165, 1.54) is 45.4 Å². The summed E-state index contributed by atoms with van der Waals surface area (Å²) in [6.07, 6.45) is 5.94. The number of nitrogens with one attached hydrogen (secondary N) is 1. The summed E-state index contributed by atoms with van der Waals surface area (Å²) in [6, 6.07) is 23.1. The third-order valence-corrected chi connectivity index (χ3v) is 19.8. The Morgan fingerprint density at radius 3 is 2.09 bits per heavy atom. The number of rotatable bonds is 9. The number of aromatic amines is 1. The van der Waals surface area contributed by atoms with E-state index in [9.17, 15) is 28.2 Å². The molecular formula is C58H70N6O11S. The van der Waals surface area contributed by atoms with Gasteiger partial charge in [0.25, 0.3) is 0 Å². The maximum atomic E-state index is 15.3. The van der Waals surface area contributed by atoms with E-state index in [0.29, 0.717) is 93.9 Å². The van der Waals surface area contributed by atoms with Crippen LogP contribution in [-0.4, -0.2) is 142 Å². The summed E-state index contributed by atoms with van der Waals surface area (Å²) >= 11 is 0. The first-order valence-electron chi connectivity index (χ1n) is 26.2. The van der Waals surface area contributed by atoms with Gasteiger partial charge in [0, 0.05) is 102 Å². The topological polar surface area (TPSA) is 240 Å². The van der Waals surface area contributed by atoms with Crippen LogP contribution in [0.5, 0.6) is 5.75 Å². The lowest BCUT2D eigenvalue weighted by molar-refractivity contribution is -0.228. The van der Waals surface area contributed by atoms with Crippen molar-refractivity contribution >= 4 is 55.7 Å². The first kappa shape index (κ1) is 53.0. The van der Waals surface area contributed by atoms with Gasteiger partial charge in [-0.25, -0.2) is 13.2 Å². The van der Waals surface area contributed by atoms with Crippen molar-refractivity contribution in [2.45, 2.75) is 109 Å². The molecule has 1 aromatic heterocycles. The minimum atomic E-state index is -3.48. The molecule has 5 aromatic rings. The Balaban J connectivity index is 0.000000328. The Bertz CT molecular complexity index is 3190. The summed E-state index contributed by atoms with van der Waals surface area (Å²) in [5, 5.41) is 26.3. The molecule has 1 unspecified atom stereocenters. The first-order valence-corrected chi connectivity index (χ1v) is 27.7. The molecule has 6 aliphatic rings. The van der Waals surface area contributed by atoms with Crippen LogP contribution in [0.1, 0.15) is 75.3 Å². The molecule has 2 bridgehead atoms. The smallest absolute Gasteiger partial charge is 0.344 e. The Hall–Kier alpha value is -6.44. The SMILES string of the molecule is CC[C@]1(O)C[C@@H]2CN(CCc3c([nH]c4ccccc34)[C@@](C(=O)OC)(c3cc4c(cc3OC)N(C)[C@H]3[C@@](O)(C(=O)OC)[C@H](OC(C)=O)[C@]5(CC)C=CCN6CC[C@]43[C@@H]65)C2)C1.Nc1ccc(S(=O)(=O)c2ccc(N)cc2)cc1. The molecule has 1 aliphatic carbocycles. The lowest BCUT2D eigenvalue weighted by Gasteiger charge is -2.63. The highest BCUT2D eigenvalue weighted by molar-refractivity contribution is 7.91. The molecular weight excluding hydrogens is 989 g/mol. The molecule has 1 saturated carbocycles. The van der Waals surface area contributed by atoms with Crippen molar-refractivity contribution < 1.29 is 52.0 Å². The second-order valence-corrected chi connectivity index (χ2v) is 23.8. The number of nitrogens with two attached hydrogens (primary N) is 2. The van der Waals surface area contributed by atoms with Crippen molar-refractivity contribution in [3.63, 3.8) is 0 Å². The minimum Gasteiger partial charge on any atom is -0.496 e. The number of fused-ring (bicyclic) bond motifs is 6. The monoisotopic (exact) mass is 1060 g/mol. The van der Waals surface area contributed by atoms with Crippen molar-refractivity contribution in [1.82, 2.24) is 14.8 Å². The Morgan fingerprint density at radius 2 is 1.49 bits per heavy atom. The van der Waals surface area contributed by atoms with E-state index < -0.39 is 67.3 Å². The van der Waals surface area contributed by atoms with Crippen molar-refractivity contribution in [2.75, 3.05) is 77.5 Å². The molecule has 10 atom stereocenters. The number of benzene rings is 4. The molecule has 5 aliphatic heterocycles. The predicted octanol–water partition coefficient (Wildman–Crippen LogP) is 5.67. The fourth-order valence-electron chi connectivity index (χ4n) is 14.9. The van der Waals surface area contributed by atoms with E-state index in [1.54, 1.807) is 31.4 Å². The van der Waals surface area contributed by atoms with Crippen LogP contribution in [0, 0.1) is 11.3 Å². The number of sulfone groups is 1. The van der Waals surface area contributed by atoms with Crippen LogP contribution in [0.2, 0.25) is 0 Å². The number of carbonyl (C=O) groups is 3. The van der Waals surface area contributed by atoms with Gasteiger partial charge in [0.1, 0.15) is 11.2 Å². The molecule has 404 valence electrons. The normalized spacial score (nSPS) is 31.2. The number of carbonyl (C=O) groups excluding carboxylic acids is 3. The Labute approximate surface area is 444 Å². The van der Waals surface area contributed by atoms with E-state index in [-0.39, 0.29) is 21.8 Å². The number of nitrogen functional groups attached to an aromatic ring is 2. The number of esters is 3. The number of aromatic nitrogens is 1. The fraction of sp³-hybridized carbons (Fsp3) is 0.466. The summed E-state index contributed by atoms with van der Waals surface area (Å²) in [6.45, 7) is 8.62. The van der Waals surface area contributed by atoms with Crippen molar-refractivity contribution in [3.05, 3.63) is 119 Å². The molecule has 1 spiro atoms. The molecule has 11 rings (SSSR count). The second kappa shape index (κ2) is 19.2. The molecule has 4 aromatic carbocycles. The molecule has 18 heteroatoms. The number of methoxy groups -OCH3 is 3. The fourth-order valence-corrected chi connectivity index (χ4v) is 16.2. The van der Waals surface area contributed by atoms with Crippen LogP contribution in [0.4, 0.5) is 17.1 Å². The van der Waals surface area contributed by atoms with Gasteiger partial charge in [-0.2, -0.15) is 0 Å². The minimum absolute atomic E-state index is 0.0986. The lowest BCUT2D eigenvalue weighted by atomic mass is 9.47. The zero-order valence-electron chi connectivity index (χ0n) is 44.3. The number of para-hydroxylation sites is 1. The molecule has 7 N–H and O–H groups in total. The summed E-state index contributed by atoms with van der Waals surface area (Å²) in [4.78, 5) is 53.6. The van der Waals surface area contributed by atoms with Gasteiger partial charge >= 0.3 is 17.9 Å². The summed E-state index contributed by atoms with van der Waals surface area (Å²) < 4.78 is 48.3. The summed E-state index contributed by atoms with van der Waals surface area (Å²) in [5.74, 6) is -1.56. The number of piperidine rings is 1. The number of likely N-dealkylation sites (N-methyl/N-ethyl adjacent to an activating group) is 1. The Morgan fingerprint density at radius 1 is 0.829 bits per heavy atom. The molecule has 2 saturated heterocycles. The molecule has 6 heterocycles. The Kier molecular flexibility index (Phi) is 13.4. The van der Waals surface area contributed by atoms with E-state index in [0.717, 1.165) is 33.4 Å². The van der Waals surface area contributed by atoms with Gasteiger partial charge in [-0.05, 0) is 123 Å². The predicted molar refractivity (Wildman–Crippen MR) is 288 cm³/mol. The van der Waals surface area contributed by atoms with Gasteiger partial charge in [-0.15, -0.1) is 0 Å².